The predicted octanol–water partition coefficient (Wildman–Crippen LogP) is 6.78. The van der Waals surface area contributed by atoms with Gasteiger partial charge in [0.05, 0.1) is 6.04 Å². The van der Waals surface area contributed by atoms with Crippen LogP contribution in [0.25, 0.3) is 0 Å². The summed E-state index contributed by atoms with van der Waals surface area (Å²) >= 11 is 18.9. The van der Waals surface area contributed by atoms with Gasteiger partial charge < -0.3 is 5.32 Å². The maximum Gasteiger partial charge on any atom is 0.0568 e. The van der Waals surface area contributed by atoms with E-state index in [0.29, 0.717) is 21.9 Å². The number of rotatable bonds is 1. The molecule has 0 bridgehead atoms. The molecule has 2 aromatic carbocycles. The summed E-state index contributed by atoms with van der Waals surface area (Å²) in [6.07, 6.45) is 5.63. The molecule has 4 heteroatoms. The molecule has 23 heavy (non-hydrogen) atoms. The van der Waals surface area contributed by atoms with Gasteiger partial charge in [0.2, 0.25) is 0 Å². The molecule has 118 valence electrons. The van der Waals surface area contributed by atoms with Crippen molar-refractivity contribution < 1.29 is 0 Å². The highest BCUT2D eigenvalue weighted by atomic mass is 35.5. The maximum absolute atomic E-state index is 6.48. The van der Waals surface area contributed by atoms with Gasteiger partial charge in [0.1, 0.15) is 0 Å². The predicted molar refractivity (Wildman–Crippen MR) is 99.0 cm³/mol. The van der Waals surface area contributed by atoms with E-state index in [4.69, 9.17) is 34.8 Å². The third-order valence-corrected chi connectivity index (χ3v) is 6.00. The molecule has 0 spiro atoms. The minimum absolute atomic E-state index is 0.157. The van der Waals surface area contributed by atoms with Crippen LogP contribution in [0.1, 0.15) is 35.1 Å². The van der Waals surface area contributed by atoms with E-state index in [1.54, 1.807) is 0 Å². The molecule has 2 aromatic rings. The van der Waals surface area contributed by atoms with E-state index in [-0.39, 0.29) is 6.04 Å². The number of halogens is 3. The fraction of sp³-hybridized carbons (Fsp3) is 0.263. The normalized spacial score (nSPS) is 25.0. The van der Waals surface area contributed by atoms with Crippen LogP contribution < -0.4 is 5.32 Å². The lowest BCUT2D eigenvalue weighted by Gasteiger charge is -2.38. The summed E-state index contributed by atoms with van der Waals surface area (Å²) < 4.78 is 0. The lowest BCUT2D eigenvalue weighted by atomic mass is 9.76. The first-order chi connectivity index (χ1) is 11.1. The lowest BCUT2D eigenvalue weighted by molar-refractivity contribution is 0.425. The summed E-state index contributed by atoms with van der Waals surface area (Å²) in [6.45, 7) is 2.06. The van der Waals surface area contributed by atoms with Crippen LogP contribution in [0, 0.1) is 12.8 Å². The SMILES string of the molecule is Cc1c(Cl)ccc2c1NC(c1ccc(Cl)cc1Cl)C1CC=CC21. The number of hydrogen-bond donors (Lipinski definition) is 1. The minimum Gasteiger partial charge on any atom is -0.377 e. The van der Waals surface area contributed by atoms with E-state index in [9.17, 15) is 0 Å². The monoisotopic (exact) mass is 363 g/mol. The summed E-state index contributed by atoms with van der Waals surface area (Å²) in [6, 6.07) is 10.0. The Kier molecular flexibility index (Phi) is 3.84. The van der Waals surface area contributed by atoms with Crippen molar-refractivity contribution in [3.8, 4) is 0 Å². The summed E-state index contributed by atoms with van der Waals surface area (Å²) in [5, 5.41) is 5.87. The molecule has 1 N–H and O–H groups in total. The largest absolute Gasteiger partial charge is 0.377 e. The van der Waals surface area contributed by atoms with E-state index in [1.165, 1.54) is 5.56 Å². The van der Waals surface area contributed by atoms with Gasteiger partial charge in [0.15, 0.2) is 0 Å². The van der Waals surface area contributed by atoms with Crippen LogP contribution in [-0.2, 0) is 0 Å². The number of hydrogen-bond acceptors (Lipinski definition) is 1. The van der Waals surface area contributed by atoms with Crippen LogP contribution >= 0.6 is 34.8 Å². The van der Waals surface area contributed by atoms with Crippen molar-refractivity contribution in [3.63, 3.8) is 0 Å². The Morgan fingerprint density at radius 1 is 1.00 bits per heavy atom. The van der Waals surface area contributed by atoms with Crippen molar-refractivity contribution in [1.29, 1.82) is 0 Å². The molecule has 2 aliphatic rings. The first-order valence-corrected chi connectivity index (χ1v) is 8.87. The zero-order chi connectivity index (χ0) is 16.1. The molecule has 1 nitrogen and oxygen atoms in total. The zero-order valence-electron chi connectivity index (χ0n) is 12.6. The average Bonchev–Trinajstić information content (AvgIpc) is 3.00. The van der Waals surface area contributed by atoms with Crippen molar-refractivity contribution in [1.82, 2.24) is 0 Å². The Hall–Kier alpha value is -1.15. The van der Waals surface area contributed by atoms with Gasteiger partial charge in [-0.1, -0.05) is 59.1 Å². The van der Waals surface area contributed by atoms with Gasteiger partial charge >= 0.3 is 0 Å². The molecule has 3 unspecified atom stereocenters. The second-order valence-corrected chi connectivity index (χ2v) is 7.53. The Morgan fingerprint density at radius 3 is 2.57 bits per heavy atom. The molecule has 0 amide bonds. The van der Waals surface area contributed by atoms with Crippen LogP contribution in [0.2, 0.25) is 15.1 Å². The van der Waals surface area contributed by atoms with Gasteiger partial charge in [-0.05, 0) is 54.2 Å². The molecule has 3 atom stereocenters. The topological polar surface area (TPSA) is 12.0 Å². The molecule has 0 saturated carbocycles. The number of anilines is 1. The van der Waals surface area contributed by atoms with Crippen molar-refractivity contribution >= 4 is 40.5 Å². The number of nitrogens with one attached hydrogen (secondary N) is 1. The molecule has 0 fully saturated rings. The Bertz CT molecular complexity index is 813. The maximum atomic E-state index is 6.48. The highest BCUT2D eigenvalue weighted by molar-refractivity contribution is 6.35. The fourth-order valence-corrected chi connectivity index (χ4v) is 4.53. The van der Waals surface area contributed by atoms with Crippen molar-refractivity contribution in [2.45, 2.75) is 25.3 Å². The minimum atomic E-state index is 0.157. The van der Waals surface area contributed by atoms with E-state index in [1.807, 2.05) is 24.3 Å². The zero-order valence-corrected chi connectivity index (χ0v) is 14.9. The molecule has 1 aliphatic heterocycles. The second kappa shape index (κ2) is 5.73. The van der Waals surface area contributed by atoms with Crippen molar-refractivity contribution in [2.75, 3.05) is 5.32 Å². The fourth-order valence-electron chi connectivity index (χ4n) is 3.85. The average molecular weight is 365 g/mol. The summed E-state index contributed by atoms with van der Waals surface area (Å²) in [7, 11) is 0. The highest BCUT2D eigenvalue weighted by Crippen LogP contribution is 2.52. The molecule has 0 saturated heterocycles. The van der Waals surface area contributed by atoms with Gasteiger partial charge in [-0.25, -0.2) is 0 Å². The first kappa shape index (κ1) is 15.4. The molecule has 4 rings (SSSR count). The van der Waals surface area contributed by atoms with E-state index < -0.39 is 0 Å². The van der Waals surface area contributed by atoms with Gasteiger partial charge in [0, 0.05) is 26.7 Å². The molecule has 0 aromatic heterocycles. The van der Waals surface area contributed by atoms with Crippen LogP contribution in [0.4, 0.5) is 5.69 Å². The van der Waals surface area contributed by atoms with Crippen LogP contribution in [0.3, 0.4) is 0 Å². The van der Waals surface area contributed by atoms with Crippen LogP contribution in [0.15, 0.2) is 42.5 Å². The van der Waals surface area contributed by atoms with Crippen LogP contribution in [-0.4, -0.2) is 0 Å². The molecular formula is C19H16Cl3N. The van der Waals surface area contributed by atoms with Gasteiger partial charge in [-0.2, -0.15) is 0 Å². The molecule has 0 radical (unpaired) electrons. The first-order valence-electron chi connectivity index (χ1n) is 7.73. The lowest BCUT2D eigenvalue weighted by Crippen LogP contribution is -2.29. The summed E-state index contributed by atoms with van der Waals surface area (Å²) in [5.41, 5.74) is 4.66. The van der Waals surface area contributed by atoms with E-state index in [2.05, 4.69) is 30.5 Å². The van der Waals surface area contributed by atoms with E-state index >= 15 is 0 Å². The third-order valence-electron chi connectivity index (χ3n) is 5.03. The molecular weight excluding hydrogens is 349 g/mol. The van der Waals surface area contributed by atoms with Crippen LogP contribution in [0.5, 0.6) is 0 Å². The third kappa shape index (κ3) is 2.46. The number of allylic oxidation sites excluding steroid dienone is 2. The number of benzene rings is 2. The molecule has 1 aliphatic carbocycles. The number of fused-ring (bicyclic) bond motifs is 3. The van der Waals surface area contributed by atoms with Gasteiger partial charge in [-0.3, -0.25) is 0 Å². The summed E-state index contributed by atoms with van der Waals surface area (Å²) in [4.78, 5) is 0. The van der Waals surface area contributed by atoms with Gasteiger partial charge in [-0.15, -0.1) is 0 Å². The van der Waals surface area contributed by atoms with Crippen molar-refractivity contribution in [2.24, 2.45) is 5.92 Å². The quantitative estimate of drug-likeness (QED) is 0.550. The standard InChI is InChI=1S/C19H16Cl3N/c1-10-16(21)8-7-14-12-3-2-4-13(12)19(23-18(10)14)15-6-5-11(20)9-17(15)22/h2-3,5-9,12-13,19,23H,4H2,1H3. The van der Waals surface area contributed by atoms with E-state index in [0.717, 1.165) is 28.3 Å². The Morgan fingerprint density at radius 2 is 1.78 bits per heavy atom. The highest BCUT2D eigenvalue weighted by Gasteiger charge is 2.39. The van der Waals surface area contributed by atoms with Gasteiger partial charge in [0.25, 0.3) is 0 Å². The molecule has 1 heterocycles. The van der Waals surface area contributed by atoms with Crippen molar-refractivity contribution in [3.05, 3.63) is 74.2 Å². The summed E-state index contributed by atoms with van der Waals surface area (Å²) in [5.74, 6) is 0.862. The Balaban J connectivity index is 1.85. The Labute approximate surface area is 151 Å². The smallest absolute Gasteiger partial charge is 0.0568 e. The second-order valence-electron chi connectivity index (χ2n) is 6.28.